The molecule has 0 spiro atoms. The molecular formula is C14H10N2O4S. The van der Waals surface area contributed by atoms with Gasteiger partial charge in [0.25, 0.3) is 5.91 Å². The highest BCUT2D eigenvalue weighted by Crippen LogP contribution is 2.23. The van der Waals surface area contributed by atoms with Crippen LogP contribution in [0.2, 0.25) is 0 Å². The van der Waals surface area contributed by atoms with Gasteiger partial charge in [0, 0.05) is 0 Å². The lowest BCUT2D eigenvalue weighted by atomic mass is 10.2. The molecule has 0 radical (unpaired) electrons. The van der Waals surface area contributed by atoms with Crippen LogP contribution in [0.4, 0.5) is 0 Å². The van der Waals surface area contributed by atoms with Crippen molar-refractivity contribution < 1.29 is 17.4 Å². The molecule has 0 saturated carbocycles. The maximum Gasteiger partial charge on any atom is 0.339 e. The van der Waals surface area contributed by atoms with Crippen LogP contribution in [0.15, 0.2) is 53.4 Å². The molecule has 106 valence electrons. The van der Waals surface area contributed by atoms with Gasteiger partial charge < -0.3 is 9.92 Å². The van der Waals surface area contributed by atoms with E-state index in [1.807, 2.05) is 6.07 Å². The molecule has 7 heteroatoms. The summed E-state index contributed by atoms with van der Waals surface area (Å²) >= 11 is 0. The van der Waals surface area contributed by atoms with E-state index in [0.717, 1.165) is 0 Å². The van der Waals surface area contributed by atoms with E-state index in [1.165, 1.54) is 48.5 Å². The molecule has 0 aliphatic carbocycles. The van der Waals surface area contributed by atoms with E-state index in [1.54, 1.807) is 0 Å². The Bertz CT molecular complexity index is 838. The van der Waals surface area contributed by atoms with E-state index in [9.17, 15) is 13.2 Å². The lowest BCUT2D eigenvalue weighted by Gasteiger charge is -2.09. The van der Waals surface area contributed by atoms with E-state index < -0.39 is 16.0 Å². The number of hydrogen-bond donors (Lipinski definition) is 1. The number of amides is 1. The van der Waals surface area contributed by atoms with Crippen molar-refractivity contribution in [2.24, 2.45) is 5.73 Å². The molecule has 1 amide bonds. The number of hydrogen-bond acceptors (Lipinski definition) is 5. The maximum atomic E-state index is 12.2. The SMILES string of the molecule is N#Cc1cccc(S(=O)(=O)Oc2ccccc2C(N)=O)c1. The number of nitriles is 1. The Balaban J connectivity index is 2.43. The zero-order valence-corrected chi connectivity index (χ0v) is 11.5. The molecule has 0 heterocycles. The summed E-state index contributed by atoms with van der Waals surface area (Å²) in [4.78, 5) is 11.1. The van der Waals surface area contributed by atoms with Gasteiger partial charge in [-0.3, -0.25) is 4.79 Å². The van der Waals surface area contributed by atoms with Gasteiger partial charge in [-0.15, -0.1) is 0 Å². The average Bonchev–Trinajstić information content (AvgIpc) is 2.47. The average molecular weight is 302 g/mol. The Labute approximate surface area is 121 Å². The normalized spacial score (nSPS) is 10.6. The summed E-state index contributed by atoms with van der Waals surface area (Å²) in [6.07, 6.45) is 0. The first-order valence-corrected chi connectivity index (χ1v) is 7.18. The number of primary amides is 1. The van der Waals surface area contributed by atoms with Crippen molar-refractivity contribution in [2.75, 3.05) is 0 Å². The Hall–Kier alpha value is -2.85. The Morgan fingerprint density at radius 1 is 1.14 bits per heavy atom. The third kappa shape index (κ3) is 3.19. The van der Waals surface area contributed by atoms with Gasteiger partial charge in [-0.25, -0.2) is 0 Å². The number of nitrogens with zero attached hydrogens (tertiary/aromatic N) is 1. The Morgan fingerprint density at radius 2 is 1.86 bits per heavy atom. The second kappa shape index (κ2) is 5.64. The number of carbonyl (C=O) groups is 1. The van der Waals surface area contributed by atoms with Crippen molar-refractivity contribution in [2.45, 2.75) is 4.90 Å². The highest BCUT2D eigenvalue weighted by molar-refractivity contribution is 7.87. The molecule has 0 unspecified atom stereocenters. The molecule has 2 rings (SSSR count). The Morgan fingerprint density at radius 3 is 2.52 bits per heavy atom. The van der Waals surface area contributed by atoms with Crippen molar-refractivity contribution in [1.29, 1.82) is 5.26 Å². The second-order valence-corrected chi connectivity index (χ2v) is 5.58. The lowest BCUT2D eigenvalue weighted by molar-refractivity contribution is 0.0999. The first kappa shape index (κ1) is 14.6. The topological polar surface area (TPSA) is 110 Å². The molecule has 0 bridgehead atoms. The maximum absolute atomic E-state index is 12.2. The highest BCUT2D eigenvalue weighted by Gasteiger charge is 2.20. The van der Waals surface area contributed by atoms with Crippen molar-refractivity contribution in [3.8, 4) is 11.8 Å². The molecule has 0 fully saturated rings. The van der Waals surface area contributed by atoms with E-state index in [-0.39, 0.29) is 21.8 Å². The summed E-state index contributed by atoms with van der Waals surface area (Å²) in [5.41, 5.74) is 5.30. The van der Waals surface area contributed by atoms with Crippen molar-refractivity contribution in [1.82, 2.24) is 0 Å². The van der Waals surface area contributed by atoms with Crippen LogP contribution in [0.25, 0.3) is 0 Å². The van der Waals surface area contributed by atoms with Crippen molar-refractivity contribution in [3.05, 3.63) is 59.7 Å². The van der Waals surface area contributed by atoms with E-state index in [2.05, 4.69) is 0 Å². The summed E-state index contributed by atoms with van der Waals surface area (Å²) in [5, 5.41) is 8.79. The summed E-state index contributed by atoms with van der Waals surface area (Å²) in [5.74, 6) is -0.959. The fraction of sp³-hybridized carbons (Fsp3) is 0. The van der Waals surface area contributed by atoms with Gasteiger partial charge in [0.2, 0.25) is 0 Å². The minimum atomic E-state index is -4.16. The van der Waals surface area contributed by atoms with Crippen LogP contribution in [0.3, 0.4) is 0 Å². The predicted octanol–water partition coefficient (Wildman–Crippen LogP) is 1.42. The van der Waals surface area contributed by atoms with Gasteiger partial charge >= 0.3 is 10.1 Å². The van der Waals surface area contributed by atoms with Crippen LogP contribution in [0.5, 0.6) is 5.75 Å². The molecule has 21 heavy (non-hydrogen) atoms. The first-order chi connectivity index (χ1) is 9.94. The van der Waals surface area contributed by atoms with Gasteiger partial charge in [0.05, 0.1) is 17.2 Å². The molecule has 2 N–H and O–H groups in total. The molecule has 2 aromatic carbocycles. The van der Waals surface area contributed by atoms with Crippen LogP contribution in [-0.2, 0) is 10.1 Å². The molecule has 0 aromatic heterocycles. The fourth-order valence-electron chi connectivity index (χ4n) is 1.63. The fourth-order valence-corrected chi connectivity index (χ4v) is 2.62. The Kier molecular flexibility index (Phi) is 3.91. The van der Waals surface area contributed by atoms with Gasteiger partial charge in [-0.2, -0.15) is 13.7 Å². The van der Waals surface area contributed by atoms with E-state index in [4.69, 9.17) is 15.2 Å². The molecular weight excluding hydrogens is 292 g/mol. The van der Waals surface area contributed by atoms with Gasteiger partial charge in [0.15, 0.2) is 5.75 Å². The number of carbonyl (C=O) groups excluding carboxylic acids is 1. The van der Waals surface area contributed by atoms with Gasteiger partial charge in [0.1, 0.15) is 4.90 Å². The van der Waals surface area contributed by atoms with Crippen LogP contribution in [-0.4, -0.2) is 14.3 Å². The summed E-state index contributed by atoms with van der Waals surface area (Å²) in [6.45, 7) is 0. The number of benzene rings is 2. The minimum Gasteiger partial charge on any atom is -0.378 e. The number of nitrogens with two attached hydrogens (primary N) is 1. The van der Waals surface area contributed by atoms with Crippen molar-refractivity contribution >= 4 is 16.0 Å². The van der Waals surface area contributed by atoms with E-state index in [0.29, 0.717) is 0 Å². The predicted molar refractivity (Wildman–Crippen MR) is 73.9 cm³/mol. The monoisotopic (exact) mass is 302 g/mol. The van der Waals surface area contributed by atoms with Crippen molar-refractivity contribution in [3.63, 3.8) is 0 Å². The largest absolute Gasteiger partial charge is 0.378 e. The zero-order chi connectivity index (χ0) is 15.5. The quantitative estimate of drug-likeness (QED) is 0.859. The summed E-state index contributed by atoms with van der Waals surface area (Å²) in [7, 11) is -4.16. The van der Waals surface area contributed by atoms with Crippen LogP contribution in [0.1, 0.15) is 15.9 Å². The molecule has 0 aliphatic heterocycles. The molecule has 0 saturated heterocycles. The smallest absolute Gasteiger partial charge is 0.339 e. The molecule has 6 nitrogen and oxygen atoms in total. The zero-order valence-electron chi connectivity index (χ0n) is 10.7. The lowest BCUT2D eigenvalue weighted by Crippen LogP contribution is -2.16. The second-order valence-electron chi connectivity index (χ2n) is 4.04. The summed E-state index contributed by atoms with van der Waals surface area (Å²) < 4.78 is 29.3. The molecule has 0 atom stereocenters. The third-order valence-electron chi connectivity index (χ3n) is 2.60. The van der Waals surface area contributed by atoms with Gasteiger partial charge in [-0.1, -0.05) is 18.2 Å². The van der Waals surface area contributed by atoms with E-state index >= 15 is 0 Å². The standard InChI is InChI=1S/C14H10N2O4S/c15-9-10-4-3-5-11(8-10)21(18,19)20-13-7-2-1-6-12(13)14(16)17/h1-8H,(H2,16,17). The first-order valence-electron chi connectivity index (χ1n) is 5.77. The highest BCUT2D eigenvalue weighted by atomic mass is 32.2. The number of para-hydroxylation sites is 1. The molecule has 0 aliphatic rings. The summed E-state index contributed by atoms with van der Waals surface area (Å²) in [6, 6.07) is 12.9. The van der Waals surface area contributed by atoms with Crippen LogP contribution < -0.4 is 9.92 Å². The molecule has 2 aromatic rings. The number of rotatable bonds is 4. The van der Waals surface area contributed by atoms with Gasteiger partial charge in [-0.05, 0) is 30.3 Å². The minimum absolute atomic E-state index is 0.0440. The third-order valence-corrected chi connectivity index (χ3v) is 3.83. The van der Waals surface area contributed by atoms with Crippen LogP contribution >= 0.6 is 0 Å². The van der Waals surface area contributed by atoms with Crippen LogP contribution in [0, 0.1) is 11.3 Å².